The van der Waals surface area contributed by atoms with Crippen LogP contribution in [0.25, 0.3) is 21.0 Å². The van der Waals surface area contributed by atoms with Crippen LogP contribution >= 0.6 is 11.3 Å². The van der Waals surface area contributed by atoms with Gasteiger partial charge in [0.25, 0.3) is 5.91 Å². The van der Waals surface area contributed by atoms with Gasteiger partial charge >= 0.3 is 0 Å². The van der Waals surface area contributed by atoms with Crippen LogP contribution in [0.4, 0.5) is 0 Å². The van der Waals surface area contributed by atoms with E-state index in [-0.39, 0.29) is 10.8 Å². The monoisotopic (exact) mass is 507 g/mol. The van der Waals surface area contributed by atoms with E-state index >= 15 is 0 Å². The lowest BCUT2D eigenvalue weighted by Gasteiger charge is -2.34. The van der Waals surface area contributed by atoms with Gasteiger partial charge < -0.3 is 4.57 Å². The number of piperidine rings is 1. The van der Waals surface area contributed by atoms with Gasteiger partial charge in [-0.3, -0.25) is 4.79 Å². The zero-order chi connectivity index (χ0) is 24.7. The molecular weight excluding hydrogens is 478 g/mol. The zero-order valence-corrected chi connectivity index (χ0v) is 21.8. The predicted molar refractivity (Wildman–Crippen MR) is 141 cm³/mol. The van der Waals surface area contributed by atoms with Crippen LogP contribution in [-0.4, -0.2) is 36.3 Å². The molecule has 1 aliphatic rings. The lowest BCUT2D eigenvalue weighted by Crippen LogP contribution is -2.42. The Morgan fingerprint density at radius 3 is 2.37 bits per heavy atom. The van der Waals surface area contributed by atoms with E-state index in [2.05, 4.69) is 43.1 Å². The number of carbonyl (C=O) groups excluding carboxylic acids is 1. The van der Waals surface area contributed by atoms with Gasteiger partial charge in [-0.25, -0.2) is 8.42 Å². The first kappa shape index (κ1) is 23.9. The number of hydrogen-bond donors (Lipinski definition) is 0. The maximum Gasteiger partial charge on any atom is 0.279 e. The summed E-state index contributed by atoms with van der Waals surface area (Å²) in [5.74, 6) is 0.279. The fourth-order valence-corrected chi connectivity index (χ4v) is 7.97. The lowest BCUT2D eigenvalue weighted by molar-refractivity contribution is 0.0997. The summed E-state index contributed by atoms with van der Waals surface area (Å²) < 4.78 is 31.0. The minimum atomic E-state index is -3.59. The van der Waals surface area contributed by atoms with Crippen molar-refractivity contribution < 1.29 is 13.2 Å². The molecule has 0 spiro atoms. The van der Waals surface area contributed by atoms with Gasteiger partial charge in [0, 0.05) is 30.6 Å². The van der Waals surface area contributed by atoms with Crippen LogP contribution in [0, 0.1) is 11.8 Å². The highest BCUT2D eigenvalue weighted by Gasteiger charge is 2.31. The van der Waals surface area contributed by atoms with Crippen molar-refractivity contribution in [1.29, 1.82) is 0 Å². The molecule has 2 heterocycles. The molecular formula is C27H29N3O3S2. The summed E-state index contributed by atoms with van der Waals surface area (Å²) >= 11 is 1.50. The first-order chi connectivity index (χ1) is 16.8. The van der Waals surface area contributed by atoms with E-state index in [1.165, 1.54) is 23.5 Å². The molecule has 0 N–H and O–H groups in total. The van der Waals surface area contributed by atoms with Crippen LogP contribution in [-0.2, 0) is 16.6 Å². The Bertz CT molecular complexity index is 1570. The fourth-order valence-electron chi connectivity index (χ4n) is 5.06. The Kier molecular flexibility index (Phi) is 6.38. The number of nitrogens with zero attached hydrogens (tertiary/aromatic N) is 3. The molecule has 1 aromatic heterocycles. The number of amides is 1. The Hall–Kier alpha value is -2.81. The third kappa shape index (κ3) is 4.46. The SMILES string of the molecule is CCn1c(=NC(=O)c2ccc(S(=O)(=O)N3CC(C)CC(C)C3)cc2)sc2c3ccccc3ccc21. The second-order valence-corrected chi connectivity index (χ2v) is 12.4. The number of carbonyl (C=O) groups is 1. The number of aryl methyl sites for hydroxylation is 1. The molecule has 0 radical (unpaired) electrons. The van der Waals surface area contributed by atoms with E-state index in [0.717, 1.165) is 27.4 Å². The minimum absolute atomic E-state index is 0.215. The van der Waals surface area contributed by atoms with Gasteiger partial charge in [-0.15, -0.1) is 0 Å². The molecule has 8 heteroatoms. The zero-order valence-electron chi connectivity index (χ0n) is 20.1. The molecule has 2 atom stereocenters. The standard InChI is InChI=1S/C27H29N3O3S2/c1-4-30-24-14-11-20-7-5-6-8-23(20)25(24)34-27(30)28-26(31)21-9-12-22(13-10-21)35(32,33)29-16-18(2)15-19(3)17-29/h5-14,18-19H,4,15-17H2,1-3H3. The third-order valence-electron chi connectivity index (χ3n) is 6.66. The van der Waals surface area contributed by atoms with E-state index in [4.69, 9.17) is 0 Å². The molecule has 0 bridgehead atoms. The molecule has 6 nitrogen and oxygen atoms in total. The number of hydrogen-bond acceptors (Lipinski definition) is 4. The van der Waals surface area contributed by atoms with Crippen molar-refractivity contribution >= 4 is 48.3 Å². The molecule has 1 fully saturated rings. The van der Waals surface area contributed by atoms with Crippen LogP contribution < -0.4 is 4.80 Å². The van der Waals surface area contributed by atoms with E-state index in [0.29, 0.717) is 41.8 Å². The quantitative estimate of drug-likeness (QED) is 0.377. The molecule has 35 heavy (non-hydrogen) atoms. The highest BCUT2D eigenvalue weighted by Crippen LogP contribution is 2.28. The number of fused-ring (bicyclic) bond motifs is 3. The normalized spacial score (nSPS) is 20.0. The summed E-state index contributed by atoms with van der Waals surface area (Å²) in [4.78, 5) is 18.3. The molecule has 182 valence electrons. The van der Waals surface area contributed by atoms with Crippen molar-refractivity contribution in [3.63, 3.8) is 0 Å². The maximum absolute atomic E-state index is 13.2. The Morgan fingerprint density at radius 2 is 1.69 bits per heavy atom. The summed E-state index contributed by atoms with van der Waals surface area (Å²) in [6.07, 6.45) is 1.03. The van der Waals surface area contributed by atoms with Crippen molar-refractivity contribution in [2.45, 2.75) is 38.6 Å². The lowest BCUT2D eigenvalue weighted by atomic mass is 9.94. The second kappa shape index (κ2) is 9.33. The minimum Gasteiger partial charge on any atom is -0.317 e. The Morgan fingerprint density at radius 1 is 1.00 bits per heavy atom. The molecule has 1 aliphatic heterocycles. The van der Waals surface area contributed by atoms with Crippen molar-refractivity contribution in [2.75, 3.05) is 13.1 Å². The number of thiazole rings is 1. The number of benzene rings is 3. The smallest absolute Gasteiger partial charge is 0.279 e. The van der Waals surface area contributed by atoms with E-state index < -0.39 is 10.0 Å². The van der Waals surface area contributed by atoms with Gasteiger partial charge in [0.15, 0.2) is 4.80 Å². The van der Waals surface area contributed by atoms with Gasteiger partial charge in [-0.05, 0) is 60.9 Å². The van der Waals surface area contributed by atoms with Crippen LogP contribution in [0.1, 0.15) is 37.6 Å². The molecule has 3 aromatic carbocycles. The predicted octanol–water partition coefficient (Wildman–Crippen LogP) is 5.28. The Labute approximate surface area is 209 Å². The van der Waals surface area contributed by atoms with Crippen molar-refractivity contribution in [3.8, 4) is 0 Å². The summed E-state index contributed by atoms with van der Waals surface area (Å²) in [6, 6.07) is 18.5. The van der Waals surface area contributed by atoms with E-state index in [9.17, 15) is 13.2 Å². The van der Waals surface area contributed by atoms with Crippen molar-refractivity contribution in [1.82, 2.24) is 8.87 Å². The van der Waals surface area contributed by atoms with Gasteiger partial charge in [-0.2, -0.15) is 9.30 Å². The highest BCUT2D eigenvalue weighted by atomic mass is 32.2. The molecule has 5 rings (SSSR count). The van der Waals surface area contributed by atoms with Crippen LogP contribution in [0.2, 0.25) is 0 Å². The number of sulfonamides is 1. The van der Waals surface area contributed by atoms with Crippen LogP contribution in [0.5, 0.6) is 0 Å². The first-order valence-corrected chi connectivity index (χ1v) is 14.2. The van der Waals surface area contributed by atoms with Gasteiger partial charge in [0.05, 0.1) is 15.1 Å². The second-order valence-electron chi connectivity index (χ2n) is 9.47. The number of aromatic nitrogens is 1. The molecule has 1 amide bonds. The molecule has 1 saturated heterocycles. The average molecular weight is 508 g/mol. The van der Waals surface area contributed by atoms with Crippen molar-refractivity contribution in [3.05, 3.63) is 71.0 Å². The summed E-state index contributed by atoms with van der Waals surface area (Å²) in [7, 11) is -3.59. The summed E-state index contributed by atoms with van der Waals surface area (Å²) in [5, 5.41) is 2.29. The van der Waals surface area contributed by atoms with E-state index in [1.807, 2.05) is 23.6 Å². The Balaban J connectivity index is 1.47. The summed E-state index contributed by atoms with van der Waals surface area (Å²) in [5.41, 5.74) is 1.42. The molecule has 0 saturated carbocycles. The number of rotatable bonds is 4. The van der Waals surface area contributed by atoms with Gasteiger partial charge in [-0.1, -0.05) is 55.5 Å². The third-order valence-corrected chi connectivity index (χ3v) is 9.63. The first-order valence-electron chi connectivity index (χ1n) is 12.0. The largest absolute Gasteiger partial charge is 0.317 e. The summed E-state index contributed by atoms with van der Waals surface area (Å²) in [6.45, 7) is 7.95. The van der Waals surface area contributed by atoms with Crippen LogP contribution in [0.15, 0.2) is 70.6 Å². The maximum atomic E-state index is 13.2. The van der Waals surface area contributed by atoms with Crippen LogP contribution in [0.3, 0.4) is 0 Å². The topological polar surface area (TPSA) is 71.7 Å². The highest BCUT2D eigenvalue weighted by molar-refractivity contribution is 7.89. The molecule has 4 aromatic rings. The molecule has 0 aliphatic carbocycles. The van der Waals surface area contributed by atoms with E-state index in [1.54, 1.807) is 16.4 Å². The average Bonchev–Trinajstić information content (AvgIpc) is 3.21. The van der Waals surface area contributed by atoms with Gasteiger partial charge in [0.2, 0.25) is 10.0 Å². The molecule has 2 unspecified atom stereocenters. The van der Waals surface area contributed by atoms with Crippen molar-refractivity contribution in [2.24, 2.45) is 16.8 Å². The van der Waals surface area contributed by atoms with Gasteiger partial charge in [0.1, 0.15) is 0 Å². The fraction of sp³-hybridized carbons (Fsp3) is 0.333.